The van der Waals surface area contributed by atoms with E-state index >= 15 is 0 Å². The van der Waals surface area contributed by atoms with E-state index in [0.29, 0.717) is 6.07 Å². The van der Waals surface area contributed by atoms with Crippen LogP contribution in [0.15, 0.2) is 24.3 Å². The number of amides is 1. The molecule has 0 aliphatic carbocycles. The van der Waals surface area contributed by atoms with E-state index in [1.807, 2.05) is 0 Å². The van der Waals surface area contributed by atoms with Crippen molar-refractivity contribution in [1.29, 1.82) is 0 Å². The van der Waals surface area contributed by atoms with Crippen LogP contribution < -0.4 is 5.73 Å². The van der Waals surface area contributed by atoms with Gasteiger partial charge in [-0.15, -0.1) is 0 Å². The Morgan fingerprint density at radius 2 is 1.77 bits per heavy atom. The van der Waals surface area contributed by atoms with Gasteiger partial charge in [-0.1, -0.05) is 6.92 Å². The predicted octanol–water partition coefficient (Wildman–Crippen LogP) is 4.27. The van der Waals surface area contributed by atoms with Crippen molar-refractivity contribution in [2.45, 2.75) is 32.6 Å². The SMILES string of the molecule is Cc1c([C@@H](C)CCC(N)=O)c2c(F)c(O)c(F)cc2n1C(=O)c1ccc(F)c(F)c1. The van der Waals surface area contributed by atoms with Crippen molar-refractivity contribution < 1.29 is 32.3 Å². The van der Waals surface area contributed by atoms with Crippen LogP contribution in [0.1, 0.15) is 47.3 Å². The van der Waals surface area contributed by atoms with E-state index in [1.54, 1.807) is 6.92 Å². The minimum Gasteiger partial charge on any atom is -0.503 e. The maximum absolute atomic E-state index is 14.8. The number of fused-ring (bicyclic) bond motifs is 1. The zero-order valence-corrected chi connectivity index (χ0v) is 16.1. The lowest BCUT2D eigenvalue weighted by Gasteiger charge is -2.13. The highest BCUT2D eigenvalue weighted by molar-refractivity contribution is 6.04. The van der Waals surface area contributed by atoms with Gasteiger partial charge < -0.3 is 10.8 Å². The summed E-state index contributed by atoms with van der Waals surface area (Å²) >= 11 is 0. The maximum atomic E-state index is 14.8. The van der Waals surface area contributed by atoms with E-state index in [0.717, 1.165) is 22.8 Å². The van der Waals surface area contributed by atoms with E-state index < -0.39 is 46.8 Å². The molecule has 1 aromatic heterocycles. The number of halogens is 4. The van der Waals surface area contributed by atoms with Crippen molar-refractivity contribution in [1.82, 2.24) is 4.57 Å². The number of hydrogen-bond acceptors (Lipinski definition) is 3. The molecule has 0 aliphatic rings. The number of carbonyl (C=O) groups is 2. The molecule has 30 heavy (non-hydrogen) atoms. The van der Waals surface area contributed by atoms with Crippen LogP contribution in [-0.4, -0.2) is 21.5 Å². The molecular weight excluding hydrogens is 404 g/mol. The average molecular weight is 422 g/mol. The predicted molar refractivity (Wildman–Crippen MR) is 101 cm³/mol. The van der Waals surface area contributed by atoms with Gasteiger partial charge in [0.15, 0.2) is 29.0 Å². The third-order valence-corrected chi connectivity index (χ3v) is 5.09. The average Bonchev–Trinajstić information content (AvgIpc) is 2.97. The molecule has 0 fully saturated rings. The van der Waals surface area contributed by atoms with E-state index in [4.69, 9.17) is 5.73 Å². The molecule has 3 aromatic rings. The van der Waals surface area contributed by atoms with Gasteiger partial charge in [0.25, 0.3) is 5.91 Å². The van der Waals surface area contributed by atoms with Crippen LogP contribution in [0.5, 0.6) is 5.75 Å². The molecule has 2 aromatic carbocycles. The Morgan fingerprint density at radius 1 is 1.10 bits per heavy atom. The molecule has 0 spiro atoms. The van der Waals surface area contributed by atoms with Crippen molar-refractivity contribution >= 4 is 22.7 Å². The maximum Gasteiger partial charge on any atom is 0.262 e. The molecule has 1 amide bonds. The molecular formula is C21H18F4N2O3. The van der Waals surface area contributed by atoms with Crippen LogP contribution >= 0.6 is 0 Å². The zero-order valence-electron chi connectivity index (χ0n) is 16.1. The van der Waals surface area contributed by atoms with Crippen molar-refractivity contribution in [3.8, 4) is 5.75 Å². The number of aromatic nitrogens is 1. The standard InChI is InChI=1S/C21H18F4N2O3/c1-9(3-6-16(26)28)17-10(2)27(15-8-14(24)20(29)19(25)18(15)17)21(30)11-4-5-12(22)13(23)7-11/h4-5,7-9,29H,3,6H2,1-2H3,(H2,26,28)/t9-/m0/s1. The number of aromatic hydroxyl groups is 1. The van der Waals surface area contributed by atoms with Crippen molar-refractivity contribution in [3.63, 3.8) is 0 Å². The Bertz CT molecular complexity index is 1190. The van der Waals surface area contributed by atoms with Crippen molar-refractivity contribution in [3.05, 3.63) is 64.4 Å². The first-order valence-electron chi connectivity index (χ1n) is 9.04. The second kappa shape index (κ2) is 7.81. The number of hydrogen-bond donors (Lipinski definition) is 2. The summed E-state index contributed by atoms with van der Waals surface area (Å²) in [7, 11) is 0. The molecule has 9 heteroatoms. The lowest BCUT2D eigenvalue weighted by molar-refractivity contribution is -0.118. The van der Waals surface area contributed by atoms with Crippen LogP contribution in [0.3, 0.4) is 0 Å². The quantitative estimate of drug-likeness (QED) is 0.603. The second-order valence-corrected chi connectivity index (χ2v) is 7.09. The van der Waals surface area contributed by atoms with Gasteiger partial charge in [-0.25, -0.2) is 17.6 Å². The molecule has 3 N–H and O–H groups in total. The molecule has 0 radical (unpaired) electrons. The molecule has 5 nitrogen and oxygen atoms in total. The van der Waals surface area contributed by atoms with Crippen molar-refractivity contribution in [2.75, 3.05) is 0 Å². The Morgan fingerprint density at radius 3 is 2.37 bits per heavy atom. The summed E-state index contributed by atoms with van der Waals surface area (Å²) in [5.41, 5.74) is 5.23. The highest BCUT2D eigenvalue weighted by Crippen LogP contribution is 2.39. The van der Waals surface area contributed by atoms with Crippen LogP contribution in [0, 0.1) is 30.2 Å². The first kappa shape index (κ1) is 21.4. The number of benzene rings is 2. The van der Waals surface area contributed by atoms with Gasteiger partial charge in [-0.05, 0) is 43.0 Å². The summed E-state index contributed by atoms with van der Waals surface area (Å²) in [4.78, 5) is 24.2. The fourth-order valence-electron chi connectivity index (χ4n) is 3.64. The summed E-state index contributed by atoms with van der Waals surface area (Å²) < 4.78 is 56.8. The number of primary amides is 1. The Hall–Kier alpha value is -3.36. The summed E-state index contributed by atoms with van der Waals surface area (Å²) in [5, 5.41) is 9.55. The van der Waals surface area contributed by atoms with E-state index in [2.05, 4.69) is 0 Å². The summed E-state index contributed by atoms with van der Waals surface area (Å²) in [6.07, 6.45) is 0.200. The monoisotopic (exact) mass is 422 g/mol. The van der Waals surface area contributed by atoms with Gasteiger partial charge in [0.1, 0.15) is 0 Å². The van der Waals surface area contributed by atoms with Gasteiger partial charge in [-0.2, -0.15) is 0 Å². The summed E-state index contributed by atoms with van der Waals surface area (Å²) in [5.74, 6) is -8.05. The Labute approximate surface area is 168 Å². The number of nitrogens with two attached hydrogens (primary N) is 1. The first-order chi connectivity index (χ1) is 14.0. The highest BCUT2D eigenvalue weighted by atomic mass is 19.2. The first-order valence-corrected chi connectivity index (χ1v) is 9.04. The topological polar surface area (TPSA) is 85.3 Å². The fourth-order valence-corrected chi connectivity index (χ4v) is 3.64. The molecule has 0 aliphatic heterocycles. The lowest BCUT2D eigenvalue weighted by Crippen LogP contribution is -2.15. The molecule has 3 rings (SSSR count). The molecule has 0 unspecified atom stereocenters. The third kappa shape index (κ3) is 3.51. The van der Waals surface area contributed by atoms with Crippen LogP contribution in [-0.2, 0) is 4.79 Å². The molecule has 1 heterocycles. The van der Waals surface area contributed by atoms with Gasteiger partial charge in [0.05, 0.1) is 5.52 Å². The lowest BCUT2D eigenvalue weighted by atomic mass is 9.93. The number of nitrogens with zero attached hydrogens (tertiary/aromatic N) is 1. The van der Waals surface area contributed by atoms with Crippen LogP contribution in [0.4, 0.5) is 17.6 Å². The van der Waals surface area contributed by atoms with Crippen molar-refractivity contribution in [2.24, 2.45) is 5.73 Å². The van der Waals surface area contributed by atoms with Gasteiger partial charge >= 0.3 is 0 Å². The number of carbonyl (C=O) groups excluding carboxylic acids is 2. The fraction of sp³-hybridized carbons (Fsp3) is 0.238. The number of phenols is 1. The number of rotatable bonds is 5. The number of phenolic OH excluding ortho intramolecular Hbond substituents is 1. The minimum atomic E-state index is -1.28. The molecule has 1 atom stereocenters. The largest absolute Gasteiger partial charge is 0.503 e. The summed E-state index contributed by atoms with van der Waals surface area (Å²) in [6.45, 7) is 3.14. The van der Waals surface area contributed by atoms with Gasteiger partial charge in [0, 0.05) is 29.1 Å². The van der Waals surface area contributed by atoms with E-state index in [9.17, 15) is 32.3 Å². The molecule has 158 valence electrons. The molecule has 0 saturated carbocycles. The Balaban J connectivity index is 2.28. The normalized spacial score (nSPS) is 12.3. The molecule has 0 bridgehead atoms. The van der Waals surface area contributed by atoms with Gasteiger partial charge in [-0.3, -0.25) is 14.2 Å². The van der Waals surface area contributed by atoms with E-state index in [1.165, 1.54) is 6.92 Å². The zero-order chi connectivity index (χ0) is 22.3. The minimum absolute atomic E-state index is 0.0147. The van der Waals surface area contributed by atoms with Gasteiger partial charge in [0.2, 0.25) is 5.91 Å². The van der Waals surface area contributed by atoms with Crippen LogP contribution in [0.2, 0.25) is 0 Å². The van der Waals surface area contributed by atoms with E-state index in [-0.39, 0.29) is 40.6 Å². The Kier molecular flexibility index (Phi) is 5.56. The highest BCUT2D eigenvalue weighted by Gasteiger charge is 2.28. The third-order valence-electron chi connectivity index (χ3n) is 5.09. The summed E-state index contributed by atoms with van der Waals surface area (Å²) in [6, 6.07) is 3.30. The molecule has 0 saturated heterocycles. The van der Waals surface area contributed by atoms with Crippen LogP contribution in [0.25, 0.3) is 10.9 Å². The smallest absolute Gasteiger partial charge is 0.262 e. The second-order valence-electron chi connectivity index (χ2n) is 7.09.